The van der Waals surface area contributed by atoms with E-state index >= 15 is 0 Å². The Morgan fingerprint density at radius 2 is 2.09 bits per heavy atom. The maximum Gasteiger partial charge on any atom is 0.234 e. The molecule has 2 heterocycles. The number of amides is 1. The summed E-state index contributed by atoms with van der Waals surface area (Å²) in [6.45, 7) is 5.24. The molecule has 0 radical (unpaired) electrons. The minimum atomic E-state index is -0.209. The lowest BCUT2D eigenvalue weighted by Gasteiger charge is -2.14. The minimum Gasteiger partial charge on any atom is -0.352 e. The molecule has 0 spiro atoms. The lowest BCUT2D eigenvalue weighted by Crippen LogP contribution is -2.19. The van der Waals surface area contributed by atoms with E-state index in [1.54, 1.807) is 18.3 Å². The van der Waals surface area contributed by atoms with Crippen LogP contribution in [0.1, 0.15) is 31.0 Å². The standard InChI is InChI=1S/C14H18ClN5OS/c1-8(4-5-12-6-11(15)7-22-12)16-13-17-9(2)18-14(20-13)19-10(3)21/h6-8H,4-5H2,1-3H3,(H2,16,17,18,19,20,21). The van der Waals surface area contributed by atoms with Crippen molar-refractivity contribution in [2.45, 2.75) is 39.7 Å². The third-order valence-corrected chi connectivity index (χ3v) is 4.20. The Bertz CT molecular complexity index is 660. The molecular formula is C14H18ClN5OS. The number of hydrogen-bond donors (Lipinski definition) is 2. The van der Waals surface area contributed by atoms with Crippen LogP contribution >= 0.6 is 22.9 Å². The van der Waals surface area contributed by atoms with Gasteiger partial charge in [0.25, 0.3) is 0 Å². The molecule has 6 nitrogen and oxygen atoms in total. The zero-order valence-corrected chi connectivity index (χ0v) is 14.3. The van der Waals surface area contributed by atoms with Gasteiger partial charge in [0.1, 0.15) is 5.82 Å². The van der Waals surface area contributed by atoms with Gasteiger partial charge in [-0.1, -0.05) is 11.6 Å². The summed E-state index contributed by atoms with van der Waals surface area (Å²) in [6, 6.07) is 2.17. The fourth-order valence-corrected chi connectivity index (χ4v) is 2.99. The van der Waals surface area contributed by atoms with Gasteiger partial charge >= 0.3 is 0 Å². The van der Waals surface area contributed by atoms with Crippen molar-refractivity contribution in [1.29, 1.82) is 0 Å². The fourth-order valence-electron chi connectivity index (χ4n) is 1.90. The second kappa shape index (κ2) is 7.51. The van der Waals surface area contributed by atoms with E-state index in [2.05, 4.69) is 32.5 Å². The Morgan fingerprint density at radius 3 is 2.73 bits per heavy atom. The summed E-state index contributed by atoms with van der Waals surface area (Å²) in [7, 11) is 0. The number of aryl methyl sites for hydroxylation is 2. The second-order valence-electron chi connectivity index (χ2n) is 5.03. The number of hydrogen-bond acceptors (Lipinski definition) is 6. The number of halogens is 1. The molecule has 8 heteroatoms. The summed E-state index contributed by atoms with van der Waals surface area (Å²) >= 11 is 7.58. The molecule has 0 aliphatic carbocycles. The number of aromatic nitrogens is 3. The Morgan fingerprint density at radius 1 is 1.36 bits per heavy atom. The molecule has 1 amide bonds. The first-order valence-electron chi connectivity index (χ1n) is 6.92. The molecule has 2 N–H and O–H groups in total. The van der Waals surface area contributed by atoms with Crippen molar-refractivity contribution in [3.05, 3.63) is 27.2 Å². The van der Waals surface area contributed by atoms with Crippen LogP contribution in [0, 0.1) is 6.92 Å². The first kappa shape index (κ1) is 16.6. The molecule has 1 unspecified atom stereocenters. The van der Waals surface area contributed by atoms with E-state index in [-0.39, 0.29) is 17.9 Å². The van der Waals surface area contributed by atoms with Gasteiger partial charge in [-0.3, -0.25) is 10.1 Å². The van der Waals surface area contributed by atoms with Crippen molar-refractivity contribution in [2.75, 3.05) is 10.6 Å². The van der Waals surface area contributed by atoms with Crippen LogP contribution in [0.25, 0.3) is 0 Å². The molecule has 22 heavy (non-hydrogen) atoms. The predicted octanol–water partition coefficient (Wildman–Crippen LogP) is 3.29. The molecule has 118 valence electrons. The van der Waals surface area contributed by atoms with Crippen molar-refractivity contribution < 1.29 is 4.79 Å². The Labute approximate surface area is 138 Å². The van der Waals surface area contributed by atoms with Crippen LogP contribution < -0.4 is 10.6 Å². The van der Waals surface area contributed by atoms with E-state index in [9.17, 15) is 4.79 Å². The van der Waals surface area contributed by atoms with Crippen molar-refractivity contribution in [3.63, 3.8) is 0 Å². The average molecular weight is 340 g/mol. The number of nitrogens with one attached hydrogen (secondary N) is 2. The van der Waals surface area contributed by atoms with Crippen LogP contribution in [0.2, 0.25) is 5.02 Å². The van der Waals surface area contributed by atoms with Gasteiger partial charge in [0.05, 0.1) is 5.02 Å². The number of carbonyl (C=O) groups excluding carboxylic acids is 1. The van der Waals surface area contributed by atoms with Crippen molar-refractivity contribution in [3.8, 4) is 0 Å². The number of nitrogens with zero attached hydrogens (tertiary/aromatic N) is 3. The van der Waals surface area contributed by atoms with Crippen molar-refractivity contribution >= 4 is 40.7 Å². The van der Waals surface area contributed by atoms with E-state index < -0.39 is 0 Å². The zero-order chi connectivity index (χ0) is 16.1. The Balaban J connectivity index is 1.94. The summed E-state index contributed by atoms with van der Waals surface area (Å²) in [4.78, 5) is 24.8. The SMILES string of the molecule is CC(=O)Nc1nc(C)nc(NC(C)CCc2cc(Cl)cs2)n1. The number of thiophene rings is 1. The summed E-state index contributed by atoms with van der Waals surface area (Å²) in [5.74, 6) is 1.07. The predicted molar refractivity (Wildman–Crippen MR) is 89.6 cm³/mol. The summed E-state index contributed by atoms with van der Waals surface area (Å²) < 4.78 is 0. The lowest BCUT2D eigenvalue weighted by molar-refractivity contribution is -0.114. The van der Waals surface area contributed by atoms with Crippen LogP contribution in [0.5, 0.6) is 0 Å². The molecule has 0 saturated heterocycles. The van der Waals surface area contributed by atoms with Crippen LogP contribution in [0.4, 0.5) is 11.9 Å². The van der Waals surface area contributed by atoms with Crippen molar-refractivity contribution in [1.82, 2.24) is 15.0 Å². The molecule has 0 aliphatic rings. The molecule has 0 fully saturated rings. The molecule has 2 rings (SSSR count). The third kappa shape index (κ3) is 5.23. The van der Waals surface area contributed by atoms with Gasteiger partial charge in [0.2, 0.25) is 17.8 Å². The maximum atomic E-state index is 11.1. The highest BCUT2D eigenvalue weighted by atomic mass is 35.5. The number of anilines is 2. The Hall–Kier alpha value is -1.73. The highest BCUT2D eigenvalue weighted by molar-refractivity contribution is 7.10. The smallest absolute Gasteiger partial charge is 0.234 e. The lowest BCUT2D eigenvalue weighted by atomic mass is 10.1. The van der Waals surface area contributed by atoms with Gasteiger partial charge in [0, 0.05) is 23.2 Å². The number of carbonyl (C=O) groups is 1. The van der Waals surface area contributed by atoms with Gasteiger partial charge in [-0.2, -0.15) is 15.0 Å². The molecule has 0 saturated carbocycles. The molecule has 0 bridgehead atoms. The normalized spacial score (nSPS) is 12.0. The molecule has 0 aromatic carbocycles. The minimum absolute atomic E-state index is 0.188. The largest absolute Gasteiger partial charge is 0.352 e. The van der Waals surface area contributed by atoms with E-state index in [1.807, 2.05) is 11.4 Å². The summed E-state index contributed by atoms with van der Waals surface area (Å²) in [5, 5.41) is 8.52. The van der Waals surface area contributed by atoms with Gasteiger partial charge in [-0.15, -0.1) is 11.3 Å². The maximum absolute atomic E-state index is 11.1. The number of rotatable bonds is 6. The van der Waals surface area contributed by atoms with Gasteiger partial charge < -0.3 is 5.32 Å². The monoisotopic (exact) mass is 339 g/mol. The second-order valence-corrected chi connectivity index (χ2v) is 6.46. The first-order valence-corrected chi connectivity index (χ1v) is 8.18. The van der Waals surface area contributed by atoms with Crippen LogP contribution in [0.15, 0.2) is 11.4 Å². The van der Waals surface area contributed by atoms with Crippen LogP contribution in [-0.4, -0.2) is 26.9 Å². The average Bonchev–Trinajstić information content (AvgIpc) is 2.80. The topological polar surface area (TPSA) is 79.8 Å². The third-order valence-electron chi connectivity index (χ3n) is 2.86. The van der Waals surface area contributed by atoms with Crippen LogP contribution in [-0.2, 0) is 11.2 Å². The van der Waals surface area contributed by atoms with E-state index in [1.165, 1.54) is 11.8 Å². The van der Waals surface area contributed by atoms with E-state index in [0.29, 0.717) is 11.8 Å². The molecule has 0 aliphatic heterocycles. The van der Waals surface area contributed by atoms with Gasteiger partial charge in [0.15, 0.2) is 0 Å². The van der Waals surface area contributed by atoms with Gasteiger partial charge in [-0.25, -0.2) is 0 Å². The molecular weight excluding hydrogens is 322 g/mol. The zero-order valence-electron chi connectivity index (χ0n) is 12.7. The van der Waals surface area contributed by atoms with Crippen molar-refractivity contribution in [2.24, 2.45) is 0 Å². The van der Waals surface area contributed by atoms with E-state index in [4.69, 9.17) is 11.6 Å². The highest BCUT2D eigenvalue weighted by Crippen LogP contribution is 2.21. The fraction of sp³-hybridized carbons (Fsp3) is 0.429. The van der Waals surface area contributed by atoms with E-state index in [0.717, 1.165) is 17.9 Å². The summed E-state index contributed by atoms with van der Waals surface area (Å²) in [5.41, 5.74) is 0. The Kier molecular flexibility index (Phi) is 5.68. The highest BCUT2D eigenvalue weighted by Gasteiger charge is 2.09. The molecule has 1 atom stereocenters. The first-order chi connectivity index (χ1) is 10.4. The van der Waals surface area contributed by atoms with Gasteiger partial charge in [-0.05, 0) is 32.8 Å². The molecule has 2 aromatic heterocycles. The molecule has 2 aromatic rings. The summed E-state index contributed by atoms with van der Waals surface area (Å²) in [6.07, 6.45) is 1.87. The quantitative estimate of drug-likeness (QED) is 0.844. The van der Waals surface area contributed by atoms with Crippen LogP contribution in [0.3, 0.4) is 0 Å².